The van der Waals surface area contributed by atoms with Crippen molar-refractivity contribution >= 4 is 79.1 Å². The molecule has 57 heavy (non-hydrogen) atoms. The van der Waals surface area contributed by atoms with Crippen LogP contribution in [0, 0.1) is 0 Å². The van der Waals surface area contributed by atoms with Crippen LogP contribution in [-0.2, 0) is 51.3 Å². The van der Waals surface area contributed by atoms with Gasteiger partial charge in [-0.1, -0.05) is 43.7 Å². The lowest BCUT2D eigenvalue weighted by atomic mass is 9.76. The van der Waals surface area contributed by atoms with E-state index in [1.807, 2.05) is 74.6 Å². The molecule has 4 aromatic carbocycles. The first-order valence-corrected chi connectivity index (χ1v) is 23.7. The van der Waals surface area contributed by atoms with E-state index in [9.17, 15) is 51.9 Å². The maximum absolute atomic E-state index is 12.5. The Balaban J connectivity index is 1.46. The summed E-state index contributed by atoms with van der Waals surface area (Å²) in [6.07, 6.45) is 10.2. The van der Waals surface area contributed by atoms with E-state index in [4.69, 9.17) is 0 Å². The molecule has 14 nitrogen and oxygen atoms in total. The van der Waals surface area contributed by atoms with Crippen molar-refractivity contribution in [1.82, 2.24) is 0 Å². The number of nitrogens with zero attached hydrogens (tertiary/aromatic N) is 2. The molecular formula is C39H42N2O12S4. The molecule has 4 aromatic rings. The molecule has 1 unspecified atom stereocenters. The summed E-state index contributed by atoms with van der Waals surface area (Å²) in [5.41, 5.74) is 2.71. The molecule has 0 amide bonds. The molecule has 0 bridgehead atoms. The monoisotopic (exact) mass is 858 g/mol. The van der Waals surface area contributed by atoms with E-state index < -0.39 is 66.8 Å². The van der Waals surface area contributed by atoms with E-state index >= 15 is 0 Å². The van der Waals surface area contributed by atoms with Crippen LogP contribution >= 0.6 is 0 Å². The van der Waals surface area contributed by atoms with Gasteiger partial charge in [0.25, 0.3) is 30.4 Å². The zero-order chi connectivity index (χ0) is 42.1. The number of fused-ring (bicyclic) bond motifs is 6. The third-order valence-electron chi connectivity index (χ3n) is 10.8. The van der Waals surface area contributed by atoms with Crippen molar-refractivity contribution in [1.29, 1.82) is 0 Å². The second-order valence-corrected chi connectivity index (χ2v) is 20.7. The summed E-state index contributed by atoms with van der Waals surface area (Å²) in [5.74, 6) is -0.545. The van der Waals surface area contributed by atoms with E-state index in [0.717, 1.165) is 28.4 Å². The van der Waals surface area contributed by atoms with Crippen molar-refractivity contribution in [3.8, 4) is 0 Å². The van der Waals surface area contributed by atoms with Crippen LogP contribution in [-0.4, -0.2) is 81.5 Å². The van der Waals surface area contributed by atoms with Gasteiger partial charge >= 0.3 is 0 Å². The van der Waals surface area contributed by atoms with Gasteiger partial charge in [0.15, 0.2) is 5.71 Å². The molecule has 3 N–H and O–H groups in total. The Hall–Kier alpha value is -4.27. The average Bonchev–Trinajstić information content (AvgIpc) is 3.44. The quantitative estimate of drug-likeness (QED) is 0.0815. The average molecular weight is 859 g/mol. The number of hydrogen-bond donors (Lipinski definition) is 3. The van der Waals surface area contributed by atoms with E-state index in [1.54, 1.807) is 24.3 Å². The highest BCUT2D eigenvalue weighted by Crippen LogP contribution is 2.54. The second-order valence-electron chi connectivity index (χ2n) is 15.0. The molecule has 1 atom stereocenters. The summed E-state index contributed by atoms with van der Waals surface area (Å²) in [6, 6.07) is 13.0. The Kier molecular flexibility index (Phi) is 10.8. The first-order valence-electron chi connectivity index (χ1n) is 17.8. The number of anilines is 1. The van der Waals surface area contributed by atoms with Gasteiger partial charge in [-0.25, -0.2) is 8.42 Å². The lowest BCUT2D eigenvalue weighted by Crippen LogP contribution is -2.30. The molecule has 0 aliphatic carbocycles. The van der Waals surface area contributed by atoms with Gasteiger partial charge in [-0.05, 0) is 97.8 Å². The molecule has 6 rings (SSSR count). The lowest BCUT2D eigenvalue weighted by molar-refractivity contribution is -0.401. The Morgan fingerprint density at radius 2 is 1.44 bits per heavy atom. The van der Waals surface area contributed by atoms with Gasteiger partial charge in [-0.3, -0.25) is 13.7 Å². The van der Waals surface area contributed by atoms with Gasteiger partial charge in [0, 0.05) is 46.4 Å². The molecule has 0 saturated carbocycles. The number of benzene rings is 4. The third-order valence-corrected chi connectivity index (χ3v) is 14.2. The van der Waals surface area contributed by atoms with Gasteiger partial charge in [0.1, 0.15) is 22.1 Å². The van der Waals surface area contributed by atoms with Crippen molar-refractivity contribution in [3.05, 3.63) is 102 Å². The van der Waals surface area contributed by atoms with Crippen LogP contribution in [0.2, 0.25) is 0 Å². The molecule has 18 heteroatoms. The van der Waals surface area contributed by atoms with E-state index in [2.05, 4.69) is 0 Å². The smallest absolute Gasteiger partial charge is 0.295 e. The molecule has 0 saturated heterocycles. The first-order chi connectivity index (χ1) is 26.3. The fraction of sp³-hybridized carbons (Fsp3) is 0.308. The van der Waals surface area contributed by atoms with Crippen LogP contribution in [0.3, 0.4) is 0 Å². The standard InChI is InChI=1S/C39H42N2O12S4/c1-6-19-39(4)35(12-9-7-8-11-34-38(2,3)36-29-22-26(55(45,46)47)15-13-25(29)14-17-31(36)40(34)5)41(20-10-21-54(42,43)44)32-18-16-28-30(37(32)39)23-27(56(48,49)50)24-33(28)57(51,52)53/h7-9,11-18,22-24H,6,10,19-21H2,1-5H3,(H3-,42,43,44,45,46,47,48,49,50,51,52,53). The normalized spacial score (nSPS) is 19.5. The number of allylic oxidation sites excluding steroid dienone is 6. The van der Waals surface area contributed by atoms with E-state index in [-0.39, 0.29) is 28.6 Å². The summed E-state index contributed by atoms with van der Waals surface area (Å²) >= 11 is 0. The summed E-state index contributed by atoms with van der Waals surface area (Å²) < 4.78 is 140. The van der Waals surface area contributed by atoms with Crippen LogP contribution in [0.15, 0.2) is 105 Å². The third kappa shape index (κ3) is 7.84. The summed E-state index contributed by atoms with van der Waals surface area (Å²) in [6.45, 7) is 7.91. The topological polar surface area (TPSA) is 227 Å². The van der Waals surface area contributed by atoms with E-state index in [1.165, 1.54) is 18.2 Å². The van der Waals surface area contributed by atoms with Crippen LogP contribution in [0.4, 0.5) is 11.4 Å². The highest BCUT2D eigenvalue weighted by Gasteiger charge is 2.46. The Labute approximate surface area is 332 Å². The Morgan fingerprint density at radius 1 is 0.772 bits per heavy atom. The van der Waals surface area contributed by atoms with Crippen molar-refractivity contribution < 1.29 is 56.5 Å². The molecule has 2 aliphatic heterocycles. The molecule has 2 aliphatic rings. The van der Waals surface area contributed by atoms with Crippen molar-refractivity contribution in [3.63, 3.8) is 0 Å². The van der Waals surface area contributed by atoms with Gasteiger partial charge in [0.05, 0.1) is 21.0 Å². The Morgan fingerprint density at radius 3 is 2.05 bits per heavy atom. The molecule has 0 fully saturated rings. The van der Waals surface area contributed by atoms with Gasteiger partial charge < -0.3 is 9.45 Å². The van der Waals surface area contributed by atoms with Gasteiger partial charge in [-0.15, -0.1) is 0 Å². The van der Waals surface area contributed by atoms with Crippen molar-refractivity contribution in [2.45, 2.75) is 72.5 Å². The zero-order valence-corrected chi connectivity index (χ0v) is 34.9. The predicted octanol–water partition coefficient (Wildman–Crippen LogP) is 6.25. The first kappa shape index (κ1) is 42.3. The second kappa shape index (κ2) is 14.5. The molecule has 304 valence electrons. The molecule has 0 radical (unpaired) electrons. The SMILES string of the molecule is CCCC1(C)\C(=C/C=C/C=C/C2=[N+](C)c3ccc4ccc(S(=O)(=O)[O-])cc4c3C2(C)C)N(CCCS(=O)(=O)O)c2ccc3c(S(=O)(=O)O)cc(S(=O)(=O)O)cc3c21. The van der Waals surface area contributed by atoms with Crippen LogP contribution < -0.4 is 4.90 Å². The van der Waals surface area contributed by atoms with Crippen LogP contribution in [0.5, 0.6) is 0 Å². The van der Waals surface area contributed by atoms with Gasteiger partial charge in [0.2, 0.25) is 5.69 Å². The highest BCUT2D eigenvalue weighted by atomic mass is 32.2. The molecular weight excluding hydrogens is 817 g/mol. The maximum Gasteiger partial charge on any atom is 0.295 e. The fourth-order valence-corrected chi connectivity index (χ4v) is 10.8. The number of hydrogen-bond acceptors (Lipinski definition) is 10. The molecule has 0 aromatic heterocycles. The van der Waals surface area contributed by atoms with Crippen molar-refractivity contribution in [2.24, 2.45) is 0 Å². The molecule has 0 spiro atoms. The predicted molar refractivity (Wildman–Crippen MR) is 216 cm³/mol. The maximum atomic E-state index is 12.5. The fourth-order valence-electron chi connectivity index (χ4n) is 8.49. The Bertz CT molecular complexity index is 2950. The molecule has 2 heterocycles. The summed E-state index contributed by atoms with van der Waals surface area (Å²) in [5, 5.41) is 1.59. The summed E-state index contributed by atoms with van der Waals surface area (Å²) in [7, 11) is -17.0. The van der Waals surface area contributed by atoms with Crippen LogP contribution in [0.25, 0.3) is 21.5 Å². The largest absolute Gasteiger partial charge is 0.744 e. The minimum atomic E-state index is -4.97. The van der Waals surface area contributed by atoms with Gasteiger partial charge in [-0.2, -0.15) is 29.8 Å². The highest BCUT2D eigenvalue weighted by molar-refractivity contribution is 7.87. The summed E-state index contributed by atoms with van der Waals surface area (Å²) in [4.78, 5) is 0.0674. The lowest BCUT2D eigenvalue weighted by Gasteiger charge is -2.30. The number of rotatable bonds is 12. The minimum absolute atomic E-state index is 0.00196. The van der Waals surface area contributed by atoms with Crippen LogP contribution in [0.1, 0.15) is 58.1 Å². The zero-order valence-electron chi connectivity index (χ0n) is 31.7. The van der Waals surface area contributed by atoms with E-state index in [0.29, 0.717) is 41.2 Å². The van der Waals surface area contributed by atoms with Crippen molar-refractivity contribution in [2.75, 3.05) is 24.2 Å². The minimum Gasteiger partial charge on any atom is -0.744 e.